The first-order valence-corrected chi connectivity index (χ1v) is 9.74. The van der Waals surface area contributed by atoms with E-state index in [9.17, 15) is 26.4 Å². The summed E-state index contributed by atoms with van der Waals surface area (Å²) in [6.07, 6.45) is -3.49. The van der Waals surface area contributed by atoms with Gasteiger partial charge in [-0.05, 0) is 30.3 Å². The van der Waals surface area contributed by atoms with E-state index in [0.717, 1.165) is 18.4 Å². The summed E-state index contributed by atoms with van der Waals surface area (Å²) in [5.74, 6) is -0.322. The molecular formula is C17H18F3N3O4S. The molecule has 0 heterocycles. The zero-order valence-electron chi connectivity index (χ0n) is 14.9. The largest absolute Gasteiger partial charge is 0.494 e. The molecule has 0 aliphatic carbocycles. The molecule has 0 unspecified atom stereocenters. The maximum atomic E-state index is 12.7. The summed E-state index contributed by atoms with van der Waals surface area (Å²) in [5, 5.41) is 5.15. The van der Waals surface area contributed by atoms with E-state index in [1.54, 1.807) is 0 Å². The van der Waals surface area contributed by atoms with Crippen molar-refractivity contribution >= 4 is 33.0 Å². The van der Waals surface area contributed by atoms with Gasteiger partial charge in [0.25, 0.3) is 0 Å². The van der Waals surface area contributed by atoms with Crippen molar-refractivity contribution in [3.63, 3.8) is 0 Å². The third-order valence-corrected chi connectivity index (χ3v) is 4.01. The van der Waals surface area contributed by atoms with Crippen LogP contribution in [0.3, 0.4) is 0 Å². The van der Waals surface area contributed by atoms with Gasteiger partial charge >= 0.3 is 6.18 Å². The molecule has 0 spiro atoms. The minimum absolute atomic E-state index is 0.148. The van der Waals surface area contributed by atoms with Crippen molar-refractivity contribution in [1.82, 2.24) is 0 Å². The van der Waals surface area contributed by atoms with Crippen molar-refractivity contribution in [2.45, 2.75) is 6.18 Å². The zero-order valence-corrected chi connectivity index (χ0v) is 15.7. The zero-order chi connectivity index (χ0) is 20.9. The van der Waals surface area contributed by atoms with Crippen LogP contribution in [0.1, 0.15) is 5.56 Å². The van der Waals surface area contributed by atoms with Crippen LogP contribution in [0, 0.1) is 0 Å². The SMILES string of the molecule is COc1cc(NC(=O)CNc2cccc(C(F)(F)F)c2)ccc1NS(C)(=O)=O. The Bertz CT molecular complexity index is 962. The second-order valence-electron chi connectivity index (χ2n) is 5.77. The maximum absolute atomic E-state index is 12.7. The first-order valence-electron chi connectivity index (χ1n) is 7.85. The smallest absolute Gasteiger partial charge is 0.416 e. The topological polar surface area (TPSA) is 96.5 Å². The molecule has 0 saturated heterocycles. The first-order chi connectivity index (χ1) is 13.0. The van der Waals surface area contributed by atoms with Gasteiger partial charge in [-0.2, -0.15) is 13.2 Å². The fraction of sp³-hybridized carbons (Fsp3) is 0.235. The molecular weight excluding hydrogens is 399 g/mol. The third-order valence-electron chi connectivity index (χ3n) is 3.42. The molecule has 0 bridgehead atoms. The van der Waals surface area contributed by atoms with Gasteiger partial charge in [0, 0.05) is 17.4 Å². The highest BCUT2D eigenvalue weighted by Crippen LogP contribution is 2.31. The molecule has 0 saturated carbocycles. The molecule has 28 heavy (non-hydrogen) atoms. The van der Waals surface area contributed by atoms with Gasteiger partial charge in [0.2, 0.25) is 15.9 Å². The molecule has 0 aliphatic rings. The molecule has 1 amide bonds. The highest BCUT2D eigenvalue weighted by atomic mass is 32.2. The number of hydrogen-bond donors (Lipinski definition) is 3. The molecule has 0 aliphatic heterocycles. The van der Waals surface area contributed by atoms with Gasteiger partial charge in [-0.3, -0.25) is 9.52 Å². The molecule has 0 radical (unpaired) electrons. The number of rotatable bonds is 7. The van der Waals surface area contributed by atoms with E-state index in [1.165, 1.54) is 37.4 Å². The van der Waals surface area contributed by atoms with E-state index in [2.05, 4.69) is 15.4 Å². The normalized spacial score (nSPS) is 11.6. The van der Waals surface area contributed by atoms with E-state index in [-0.39, 0.29) is 23.7 Å². The van der Waals surface area contributed by atoms with Crippen LogP contribution >= 0.6 is 0 Å². The fourth-order valence-electron chi connectivity index (χ4n) is 2.25. The Morgan fingerprint density at radius 1 is 1.11 bits per heavy atom. The Morgan fingerprint density at radius 2 is 1.82 bits per heavy atom. The van der Waals surface area contributed by atoms with Crippen LogP contribution in [0.25, 0.3) is 0 Å². The molecule has 2 aromatic rings. The summed E-state index contributed by atoms with van der Waals surface area (Å²) in [6, 6.07) is 8.77. The fourth-order valence-corrected chi connectivity index (χ4v) is 2.81. The van der Waals surface area contributed by atoms with E-state index in [1.807, 2.05) is 0 Å². The Hall–Kier alpha value is -2.95. The summed E-state index contributed by atoms with van der Waals surface area (Å²) < 4.78 is 68.1. The Morgan fingerprint density at radius 3 is 2.43 bits per heavy atom. The number of sulfonamides is 1. The van der Waals surface area contributed by atoms with Crippen molar-refractivity contribution in [3.8, 4) is 5.75 Å². The number of anilines is 3. The van der Waals surface area contributed by atoms with Crippen molar-refractivity contribution in [2.75, 3.05) is 35.3 Å². The molecule has 11 heteroatoms. The number of alkyl halides is 3. The molecule has 0 atom stereocenters. The Kier molecular flexibility index (Phi) is 6.39. The lowest BCUT2D eigenvalue weighted by Gasteiger charge is -2.13. The Labute approximate surface area is 159 Å². The minimum atomic E-state index is -4.47. The van der Waals surface area contributed by atoms with E-state index in [4.69, 9.17) is 4.74 Å². The molecule has 7 nitrogen and oxygen atoms in total. The van der Waals surface area contributed by atoms with Crippen molar-refractivity contribution in [2.24, 2.45) is 0 Å². The predicted molar refractivity (Wildman–Crippen MR) is 100 cm³/mol. The van der Waals surface area contributed by atoms with Gasteiger partial charge in [-0.25, -0.2) is 8.42 Å². The lowest BCUT2D eigenvalue weighted by atomic mass is 10.2. The molecule has 152 valence electrons. The number of methoxy groups -OCH3 is 1. The highest BCUT2D eigenvalue weighted by molar-refractivity contribution is 7.92. The molecule has 0 aromatic heterocycles. The number of hydrogen-bond acceptors (Lipinski definition) is 5. The maximum Gasteiger partial charge on any atom is 0.416 e. The summed E-state index contributed by atoms with van der Waals surface area (Å²) in [6.45, 7) is -0.271. The van der Waals surface area contributed by atoms with Crippen LogP contribution in [0.15, 0.2) is 42.5 Å². The van der Waals surface area contributed by atoms with Crippen molar-refractivity contribution in [3.05, 3.63) is 48.0 Å². The lowest BCUT2D eigenvalue weighted by Crippen LogP contribution is -2.22. The van der Waals surface area contributed by atoms with Crippen LogP contribution < -0.4 is 20.1 Å². The molecule has 3 N–H and O–H groups in total. The summed E-state index contributed by atoms with van der Waals surface area (Å²) >= 11 is 0. The van der Waals surface area contributed by atoms with Gasteiger partial charge in [0.1, 0.15) is 5.75 Å². The monoisotopic (exact) mass is 417 g/mol. The highest BCUT2D eigenvalue weighted by Gasteiger charge is 2.30. The number of benzene rings is 2. The van der Waals surface area contributed by atoms with Crippen LogP contribution in [0.2, 0.25) is 0 Å². The average Bonchev–Trinajstić information content (AvgIpc) is 2.59. The van der Waals surface area contributed by atoms with Gasteiger partial charge in [0.05, 0.1) is 31.2 Å². The molecule has 2 rings (SSSR count). The quantitative estimate of drug-likeness (QED) is 0.643. The second-order valence-corrected chi connectivity index (χ2v) is 7.52. The van der Waals surface area contributed by atoms with E-state index >= 15 is 0 Å². The summed E-state index contributed by atoms with van der Waals surface area (Å²) in [5.41, 5.74) is -0.149. The van der Waals surface area contributed by atoms with Gasteiger partial charge in [-0.1, -0.05) is 6.07 Å². The molecule has 0 fully saturated rings. The number of carbonyl (C=O) groups excluding carboxylic acids is 1. The first kappa shape index (κ1) is 21.4. The van der Waals surface area contributed by atoms with Crippen molar-refractivity contribution < 1.29 is 31.1 Å². The van der Waals surface area contributed by atoms with Crippen LogP contribution in [0.5, 0.6) is 5.75 Å². The summed E-state index contributed by atoms with van der Waals surface area (Å²) in [7, 11) is -2.17. The van der Waals surface area contributed by atoms with E-state index in [0.29, 0.717) is 5.69 Å². The third kappa shape index (κ3) is 6.34. The number of ether oxygens (including phenoxy) is 1. The number of halogens is 3. The second kappa shape index (κ2) is 8.38. The standard InChI is InChI=1S/C17H18F3N3O4S/c1-27-15-9-13(6-7-14(15)23-28(2,25)26)22-16(24)10-21-12-5-3-4-11(8-12)17(18,19)20/h3-9,21,23H,10H2,1-2H3,(H,22,24). The minimum Gasteiger partial charge on any atom is -0.494 e. The predicted octanol–water partition coefficient (Wildman–Crippen LogP) is 3.14. The number of nitrogens with one attached hydrogen (secondary N) is 3. The van der Waals surface area contributed by atoms with Gasteiger partial charge < -0.3 is 15.4 Å². The van der Waals surface area contributed by atoms with Crippen LogP contribution in [-0.4, -0.2) is 34.2 Å². The van der Waals surface area contributed by atoms with Crippen LogP contribution in [-0.2, 0) is 21.0 Å². The van der Waals surface area contributed by atoms with Crippen molar-refractivity contribution in [1.29, 1.82) is 0 Å². The van der Waals surface area contributed by atoms with Gasteiger partial charge in [0.15, 0.2) is 0 Å². The van der Waals surface area contributed by atoms with Crippen LogP contribution in [0.4, 0.5) is 30.2 Å². The van der Waals surface area contributed by atoms with Gasteiger partial charge in [-0.15, -0.1) is 0 Å². The number of carbonyl (C=O) groups is 1. The average molecular weight is 417 g/mol. The summed E-state index contributed by atoms with van der Waals surface area (Å²) in [4.78, 5) is 12.0. The van der Waals surface area contributed by atoms with E-state index < -0.39 is 27.7 Å². The lowest BCUT2D eigenvalue weighted by molar-refractivity contribution is -0.137. The molecule has 2 aromatic carbocycles. The Balaban J connectivity index is 2.01. The number of amides is 1.